The van der Waals surface area contributed by atoms with Crippen molar-refractivity contribution in [2.24, 2.45) is 4.99 Å². The van der Waals surface area contributed by atoms with Crippen molar-refractivity contribution >= 4 is 51.7 Å². The van der Waals surface area contributed by atoms with Gasteiger partial charge in [-0.1, -0.05) is 47.6 Å². The lowest BCUT2D eigenvalue weighted by Gasteiger charge is -2.32. The fourth-order valence-electron chi connectivity index (χ4n) is 3.67. The summed E-state index contributed by atoms with van der Waals surface area (Å²) in [5, 5.41) is 3.46. The number of amides is 2. The summed E-state index contributed by atoms with van der Waals surface area (Å²) in [4.78, 5) is 32.6. The lowest BCUT2D eigenvalue weighted by Crippen LogP contribution is -2.46. The van der Waals surface area contributed by atoms with Gasteiger partial charge >= 0.3 is 0 Å². The van der Waals surface area contributed by atoms with Crippen LogP contribution in [0.5, 0.6) is 5.75 Å². The Balaban J connectivity index is 1.54. The molecule has 1 fully saturated rings. The molecule has 1 atom stereocenters. The number of nitrogens with one attached hydrogen (secondary N) is 1. The number of anilines is 1. The van der Waals surface area contributed by atoms with Crippen molar-refractivity contribution in [1.82, 2.24) is 4.90 Å². The van der Waals surface area contributed by atoms with Crippen LogP contribution in [0.15, 0.2) is 77.8 Å². The highest BCUT2D eigenvalue weighted by molar-refractivity contribution is 8.15. The number of aryl methyl sites for hydroxylation is 1. The highest BCUT2D eigenvalue weighted by Gasteiger charge is 2.35. The molecule has 0 radical (unpaired) electrons. The van der Waals surface area contributed by atoms with Gasteiger partial charge in [0.1, 0.15) is 11.0 Å². The second-order valence-corrected chi connectivity index (χ2v) is 9.79. The summed E-state index contributed by atoms with van der Waals surface area (Å²) < 4.78 is 5.22. The average Bonchev–Trinajstić information content (AvgIpc) is 2.85. The quantitative estimate of drug-likeness (QED) is 0.435. The van der Waals surface area contributed by atoms with E-state index in [1.807, 2.05) is 55.5 Å². The standard InChI is InChI=1S/C27H26ClN3O3S/c1-18-4-3-5-22(16-18)29-26(33)24-17-25(32)31(15-14-19-6-12-23(34-2)13-7-19)27(35-24)30-21-10-8-20(28)9-11-21/h3-13,16,24H,14-15,17H2,1-2H3,(H,29,33). The summed E-state index contributed by atoms with van der Waals surface area (Å²) in [6.45, 7) is 2.42. The van der Waals surface area contributed by atoms with E-state index < -0.39 is 5.25 Å². The molecule has 0 saturated carbocycles. The molecule has 1 N–H and O–H groups in total. The first kappa shape index (κ1) is 24.8. The second kappa shape index (κ2) is 11.4. The molecule has 3 aromatic carbocycles. The number of ether oxygens (including phenoxy) is 1. The number of hydrogen-bond donors (Lipinski definition) is 1. The largest absolute Gasteiger partial charge is 0.497 e. The molecule has 180 valence electrons. The number of carbonyl (C=O) groups is 2. The van der Waals surface area contributed by atoms with Gasteiger partial charge in [0.05, 0.1) is 12.8 Å². The van der Waals surface area contributed by atoms with Crippen molar-refractivity contribution in [3.05, 3.63) is 88.9 Å². The Labute approximate surface area is 214 Å². The van der Waals surface area contributed by atoms with Gasteiger partial charge in [0, 0.05) is 23.7 Å². The maximum absolute atomic E-state index is 13.2. The van der Waals surface area contributed by atoms with E-state index in [2.05, 4.69) is 5.32 Å². The number of methoxy groups -OCH3 is 1. The van der Waals surface area contributed by atoms with E-state index in [0.29, 0.717) is 34.5 Å². The summed E-state index contributed by atoms with van der Waals surface area (Å²) in [5.41, 5.74) is 3.50. The Bertz CT molecular complexity index is 1230. The normalized spacial score (nSPS) is 16.9. The number of nitrogens with zero attached hydrogens (tertiary/aromatic N) is 2. The number of halogens is 1. The molecule has 1 saturated heterocycles. The summed E-state index contributed by atoms with van der Waals surface area (Å²) in [6, 6.07) is 22.4. The van der Waals surface area contributed by atoms with Gasteiger partial charge in [-0.3, -0.25) is 14.5 Å². The molecule has 0 spiro atoms. The van der Waals surface area contributed by atoms with Crippen LogP contribution in [0, 0.1) is 6.92 Å². The smallest absolute Gasteiger partial charge is 0.238 e. The van der Waals surface area contributed by atoms with E-state index in [0.717, 1.165) is 16.9 Å². The van der Waals surface area contributed by atoms with Gasteiger partial charge in [0.25, 0.3) is 0 Å². The zero-order valence-corrected chi connectivity index (χ0v) is 21.1. The minimum absolute atomic E-state index is 0.102. The molecule has 4 rings (SSSR count). The Morgan fingerprint density at radius 1 is 1.14 bits per heavy atom. The van der Waals surface area contributed by atoms with Gasteiger partial charge in [-0.2, -0.15) is 0 Å². The Morgan fingerprint density at radius 2 is 1.89 bits per heavy atom. The summed E-state index contributed by atoms with van der Waals surface area (Å²) in [7, 11) is 1.63. The molecular formula is C27H26ClN3O3S. The molecule has 6 nitrogen and oxygen atoms in total. The molecule has 0 aliphatic carbocycles. The van der Waals surface area contributed by atoms with Crippen molar-refractivity contribution < 1.29 is 14.3 Å². The zero-order chi connectivity index (χ0) is 24.8. The highest BCUT2D eigenvalue weighted by Crippen LogP contribution is 2.30. The molecule has 1 heterocycles. The van der Waals surface area contributed by atoms with Crippen molar-refractivity contribution in [2.45, 2.75) is 25.0 Å². The first-order chi connectivity index (χ1) is 16.9. The molecule has 8 heteroatoms. The van der Waals surface area contributed by atoms with E-state index in [1.165, 1.54) is 11.8 Å². The number of benzene rings is 3. The number of rotatable bonds is 7. The zero-order valence-electron chi connectivity index (χ0n) is 19.5. The van der Waals surface area contributed by atoms with E-state index in [1.54, 1.807) is 36.3 Å². The number of hydrogen-bond acceptors (Lipinski definition) is 5. The fraction of sp³-hybridized carbons (Fsp3) is 0.222. The molecular weight excluding hydrogens is 482 g/mol. The average molecular weight is 508 g/mol. The van der Waals surface area contributed by atoms with Gasteiger partial charge in [-0.25, -0.2) is 4.99 Å². The van der Waals surface area contributed by atoms with Gasteiger partial charge < -0.3 is 10.1 Å². The molecule has 3 aromatic rings. The van der Waals surface area contributed by atoms with Crippen molar-refractivity contribution in [3.63, 3.8) is 0 Å². The number of carbonyl (C=O) groups excluding carboxylic acids is 2. The van der Waals surface area contributed by atoms with Crippen LogP contribution in [0.4, 0.5) is 11.4 Å². The van der Waals surface area contributed by atoms with Crippen LogP contribution in [-0.4, -0.2) is 40.8 Å². The van der Waals surface area contributed by atoms with Gasteiger partial charge in [-0.05, 0) is 73.0 Å². The third-order valence-corrected chi connectivity index (χ3v) is 6.99. The molecule has 1 aliphatic rings. The SMILES string of the molecule is COc1ccc(CCN2C(=O)CC(C(=O)Nc3cccc(C)c3)SC2=Nc2ccc(Cl)cc2)cc1. The number of amidine groups is 1. The van der Waals surface area contributed by atoms with Crippen molar-refractivity contribution in [1.29, 1.82) is 0 Å². The monoisotopic (exact) mass is 507 g/mol. The van der Waals surface area contributed by atoms with Crippen LogP contribution >= 0.6 is 23.4 Å². The van der Waals surface area contributed by atoms with E-state index in [-0.39, 0.29) is 18.2 Å². The molecule has 0 aromatic heterocycles. The predicted octanol–water partition coefficient (Wildman–Crippen LogP) is 5.86. The van der Waals surface area contributed by atoms with E-state index in [4.69, 9.17) is 21.3 Å². The third kappa shape index (κ3) is 6.65. The first-order valence-electron chi connectivity index (χ1n) is 11.2. The predicted molar refractivity (Wildman–Crippen MR) is 143 cm³/mol. The topological polar surface area (TPSA) is 71.0 Å². The van der Waals surface area contributed by atoms with E-state index >= 15 is 0 Å². The Kier molecular flexibility index (Phi) is 8.10. The van der Waals surface area contributed by atoms with Crippen LogP contribution < -0.4 is 10.1 Å². The van der Waals surface area contributed by atoms with Gasteiger partial charge in [0.2, 0.25) is 11.8 Å². The summed E-state index contributed by atoms with van der Waals surface area (Å²) >= 11 is 7.32. The van der Waals surface area contributed by atoms with Gasteiger partial charge in [-0.15, -0.1) is 0 Å². The van der Waals surface area contributed by atoms with Crippen LogP contribution in [-0.2, 0) is 16.0 Å². The minimum atomic E-state index is -0.578. The van der Waals surface area contributed by atoms with Crippen LogP contribution in [0.2, 0.25) is 5.02 Å². The highest BCUT2D eigenvalue weighted by atomic mass is 35.5. The number of aliphatic imine (C=N–C) groups is 1. The fourth-order valence-corrected chi connectivity index (χ4v) is 4.92. The maximum Gasteiger partial charge on any atom is 0.238 e. The van der Waals surface area contributed by atoms with Crippen LogP contribution in [0.25, 0.3) is 0 Å². The lowest BCUT2D eigenvalue weighted by molar-refractivity contribution is -0.129. The van der Waals surface area contributed by atoms with Crippen LogP contribution in [0.3, 0.4) is 0 Å². The lowest BCUT2D eigenvalue weighted by atomic mass is 10.1. The van der Waals surface area contributed by atoms with Crippen LogP contribution in [0.1, 0.15) is 17.5 Å². The van der Waals surface area contributed by atoms with E-state index in [9.17, 15) is 9.59 Å². The third-order valence-electron chi connectivity index (χ3n) is 5.55. The number of thioether (sulfide) groups is 1. The maximum atomic E-state index is 13.2. The molecule has 1 unspecified atom stereocenters. The second-order valence-electron chi connectivity index (χ2n) is 8.18. The molecule has 2 amide bonds. The minimum Gasteiger partial charge on any atom is -0.497 e. The Morgan fingerprint density at radius 3 is 2.57 bits per heavy atom. The van der Waals surface area contributed by atoms with Crippen molar-refractivity contribution in [3.8, 4) is 5.75 Å². The summed E-state index contributed by atoms with van der Waals surface area (Å²) in [5.74, 6) is 0.438. The Hall–Kier alpha value is -3.29. The van der Waals surface area contributed by atoms with Crippen molar-refractivity contribution in [2.75, 3.05) is 19.0 Å². The van der Waals surface area contributed by atoms with Gasteiger partial charge in [0.15, 0.2) is 5.17 Å². The first-order valence-corrected chi connectivity index (χ1v) is 12.5. The summed E-state index contributed by atoms with van der Waals surface area (Å²) in [6.07, 6.45) is 0.751. The molecule has 1 aliphatic heterocycles. The molecule has 0 bridgehead atoms. The molecule has 35 heavy (non-hydrogen) atoms.